The third-order valence-electron chi connectivity index (χ3n) is 2.63. The maximum Gasteiger partial charge on any atom is 0.243 e. The fourth-order valence-corrected chi connectivity index (χ4v) is 3.07. The highest BCUT2D eigenvalue weighted by molar-refractivity contribution is 7.89. The molecule has 0 unspecified atom stereocenters. The lowest BCUT2D eigenvalue weighted by Crippen LogP contribution is -2.31. The van der Waals surface area contributed by atoms with E-state index in [0.29, 0.717) is 12.1 Å². The molecule has 0 fully saturated rings. The van der Waals surface area contributed by atoms with E-state index in [1.165, 1.54) is 16.4 Å². The molecule has 0 aliphatic heterocycles. The number of sulfonamides is 1. The third kappa shape index (κ3) is 4.07. The number of aliphatic hydroxyl groups is 1. The molecule has 1 aromatic carbocycles. The van der Waals surface area contributed by atoms with E-state index in [2.05, 4.69) is 11.8 Å². The van der Waals surface area contributed by atoms with E-state index in [0.717, 1.165) is 0 Å². The molecule has 0 amide bonds. The van der Waals surface area contributed by atoms with Crippen LogP contribution in [0.15, 0.2) is 29.2 Å². The summed E-state index contributed by atoms with van der Waals surface area (Å²) in [6, 6.07) is 8.08. The number of aliphatic hydroxyl groups excluding tert-OH is 1. The molecule has 0 heterocycles. The van der Waals surface area contributed by atoms with Crippen molar-refractivity contribution >= 4 is 10.0 Å². The maximum atomic E-state index is 12.3. The first-order valence-corrected chi connectivity index (χ1v) is 7.57. The summed E-state index contributed by atoms with van der Waals surface area (Å²) in [4.78, 5) is 0.173. The fraction of sp³-hybridized carbons (Fsp3) is 0.357. The SMILES string of the molecule is CCN(CCC#N)S(=O)(=O)c1ccc(C#CCO)cc1. The quantitative estimate of drug-likeness (QED) is 0.819. The minimum atomic E-state index is -3.58. The molecule has 6 heteroatoms. The van der Waals surface area contributed by atoms with Crippen molar-refractivity contribution in [2.45, 2.75) is 18.2 Å². The van der Waals surface area contributed by atoms with E-state index in [4.69, 9.17) is 10.4 Å². The Morgan fingerprint density at radius 2 is 1.95 bits per heavy atom. The van der Waals surface area contributed by atoms with Crippen LogP contribution in [0.5, 0.6) is 0 Å². The van der Waals surface area contributed by atoms with Crippen LogP contribution in [0.4, 0.5) is 0 Å². The average molecular weight is 292 g/mol. The molecule has 0 radical (unpaired) electrons. The molecule has 1 N–H and O–H groups in total. The van der Waals surface area contributed by atoms with Crippen molar-refractivity contribution in [3.63, 3.8) is 0 Å². The Labute approximate surface area is 119 Å². The lowest BCUT2D eigenvalue weighted by molar-refractivity contribution is 0.350. The van der Waals surface area contributed by atoms with Crippen LogP contribution in [0.1, 0.15) is 18.9 Å². The zero-order chi connectivity index (χ0) is 15.0. The Morgan fingerprint density at radius 1 is 1.30 bits per heavy atom. The Hall–Kier alpha value is -1.86. The first-order chi connectivity index (χ1) is 9.56. The monoisotopic (exact) mass is 292 g/mol. The van der Waals surface area contributed by atoms with Gasteiger partial charge in [-0.15, -0.1) is 0 Å². The van der Waals surface area contributed by atoms with Gasteiger partial charge in [0.15, 0.2) is 0 Å². The third-order valence-corrected chi connectivity index (χ3v) is 4.62. The van der Waals surface area contributed by atoms with Crippen LogP contribution in [0, 0.1) is 23.2 Å². The molecule has 0 aliphatic rings. The Balaban J connectivity index is 3.00. The van der Waals surface area contributed by atoms with Gasteiger partial charge in [-0.1, -0.05) is 18.8 Å². The average Bonchev–Trinajstić information content (AvgIpc) is 2.46. The number of rotatable bonds is 5. The Bertz CT molecular complexity index is 634. The normalized spacial score (nSPS) is 10.7. The summed E-state index contributed by atoms with van der Waals surface area (Å²) in [5, 5.41) is 17.2. The van der Waals surface area contributed by atoms with E-state index in [1.807, 2.05) is 6.07 Å². The van der Waals surface area contributed by atoms with E-state index < -0.39 is 10.0 Å². The number of hydrogen-bond donors (Lipinski definition) is 1. The van der Waals surface area contributed by atoms with Crippen molar-refractivity contribution in [1.29, 1.82) is 5.26 Å². The van der Waals surface area contributed by atoms with E-state index in [9.17, 15) is 8.42 Å². The van der Waals surface area contributed by atoms with Crippen molar-refractivity contribution in [2.24, 2.45) is 0 Å². The van der Waals surface area contributed by atoms with Crippen LogP contribution in [-0.2, 0) is 10.0 Å². The summed E-state index contributed by atoms with van der Waals surface area (Å²) in [6.45, 7) is 1.99. The van der Waals surface area contributed by atoms with Crippen LogP contribution < -0.4 is 0 Å². The van der Waals surface area contributed by atoms with Gasteiger partial charge in [0.25, 0.3) is 0 Å². The molecule has 1 aromatic rings. The van der Waals surface area contributed by atoms with Crippen molar-refractivity contribution < 1.29 is 13.5 Å². The molecule has 0 spiro atoms. The highest BCUT2D eigenvalue weighted by atomic mass is 32.2. The lowest BCUT2D eigenvalue weighted by atomic mass is 10.2. The first kappa shape index (κ1) is 16.2. The standard InChI is InChI=1S/C14H16N2O3S/c1-2-16(11-4-10-15)20(18,19)14-8-6-13(7-9-14)5-3-12-17/h6-9,17H,2,4,11-12H2,1H3. The fourth-order valence-electron chi connectivity index (χ4n) is 1.62. The summed E-state index contributed by atoms with van der Waals surface area (Å²) >= 11 is 0. The summed E-state index contributed by atoms with van der Waals surface area (Å²) in [5.74, 6) is 5.19. The van der Waals surface area contributed by atoms with Crippen LogP contribution in [-0.4, -0.2) is 37.5 Å². The van der Waals surface area contributed by atoms with E-state index in [-0.39, 0.29) is 24.5 Å². The van der Waals surface area contributed by atoms with Crippen molar-refractivity contribution in [1.82, 2.24) is 4.31 Å². The van der Waals surface area contributed by atoms with Crippen molar-refractivity contribution in [3.8, 4) is 17.9 Å². The van der Waals surface area contributed by atoms with Gasteiger partial charge in [0.05, 0.1) is 11.0 Å². The van der Waals surface area contributed by atoms with Gasteiger partial charge in [-0.2, -0.15) is 9.57 Å². The van der Waals surface area contributed by atoms with Crippen LogP contribution in [0.2, 0.25) is 0 Å². The first-order valence-electron chi connectivity index (χ1n) is 6.13. The Kier molecular flexibility index (Phi) is 6.20. The zero-order valence-electron chi connectivity index (χ0n) is 11.2. The van der Waals surface area contributed by atoms with E-state index in [1.54, 1.807) is 19.1 Å². The van der Waals surface area contributed by atoms with Crippen molar-refractivity contribution in [2.75, 3.05) is 19.7 Å². The highest BCUT2D eigenvalue weighted by Crippen LogP contribution is 2.16. The molecule has 5 nitrogen and oxygen atoms in total. The molecule has 20 heavy (non-hydrogen) atoms. The summed E-state index contributed by atoms with van der Waals surface area (Å²) in [6.07, 6.45) is 0.160. The minimum absolute atomic E-state index is 0.160. The largest absolute Gasteiger partial charge is 0.384 e. The second kappa shape index (κ2) is 7.66. The van der Waals surface area contributed by atoms with Gasteiger partial charge in [-0.3, -0.25) is 0 Å². The molecule has 0 aliphatic carbocycles. The molecule has 0 atom stereocenters. The second-order valence-corrected chi connectivity index (χ2v) is 5.83. The zero-order valence-corrected chi connectivity index (χ0v) is 12.0. The molecular weight excluding hydrogens is 276 g/mol. The number of benzene rings is 1. The Morgan fingerprint density at radius 3 is 2.45 bits per heavy atom. The van der Waals surface area contributed by atoms with Crippen LogP contribution in [0.25, 0.3) is 0 Å². The smallest absolute Gasteiger partial charge is 0.243 e. The van der Waals surface area contributed by atoms with Gasteiger partial charge < -0.3 is 5.11 Å². The molecule has 0 saturated heterocycles. The summed E-state index contributed by atoms with van der Waals surface area (Å²) in [5.41, 5.74) is 0.637. The number of hydrogen-bond acceptors (Lipinski definition) is 4. The predicted molar refractivity (Wildman–Crippen MR) is 75.1 cm³/mol. The van der Waals surface area contributed by atoms with Gasteiger partial charge >= 0.3 is 0 Å². The number of nitrogens with zero attached hydrogens (tertiary/aromatic N) is 2. The van der Waals surface area contributed by atoms with E-state index >= 15 is 0 Å². The van der Waals surface area contributed by atoms with Crippen LogP contribution in [0.3, 0.4) is 0 Å². The van der Waals surface area contributed by atoms with Gasteiger partial charge in [0.1, 0.15) is 6.61 Å². The predicted octanol–water partition coefficient (Wildman–Crippen LogP) is 0.955. The molecule has 0 saturated carbocycles. The minimum Gasteiger partial charge on any atom is -0.384 e. The topological polar surface area (TPSA) is 81.4 Å². The lowest BCUT2D eigenvalue weighted by Gasteiger charge is -2.19. The molecule has 0 bridgehead atoms. The molecular formula is C14H16N2O3S. The van der Waals surface area contributed by atoms with Gasteiger partial charge in [0, 0.05) is 25.1 Å². The summed E-state index contributed by atoms with van der Waals surface area (Å²) < 4.78 is 25.9. The van der Waals surface area contributed by atoms with Gasteiger partial charge in [-0.25, -0.2) is 8.42 Å². The van der Waals surface area contributed by atoms with Crippen LogP contribution >= 0.6 is 0 Å². The second-order valence-electron chi connectivity index (χ2n) is 3.89. The van der Waals surface area contributed by atoms with Gasteiger partial charge in [-0.05, 0) is 24.3 Å². The van der Waals surface area contributed by atoms with Gasteiger partial charge in [0.2, 0.25) is 10.0 Å². The molecule has 1 rings (SSSR count). The number of nitriles is 1. The molecule has 106 valence electrons. The molecule has 0 aromatic heterocycles. The summed E-state index contributed by atoms with van der Waals surface area (Å²) in [7, 11) is -3.58. The maximum absolute atomic E-state index is 12.3. The highest BCUT2D eigenvalue weighted by Gasteiger charge is 2.22. The van der Waals surface area contributed by atoms with Crippen molar-refractivity contribution in [3.05, 3.63) is 29.8 Å².